The lowest BCUT2D eigenvalue weighted by atomic mass is 9.84. The topological polar surface area (TPSA) is 47.8 Å². The number of fused-ring (bicyclic) bond motifs is 1. The van der Waals surface area contributed by atoms with Crippen LogP contribution in [-0.2, 0) is 0 Å². The zero-order valence-electron chi connectivity index (χ0n) is 17.4. The fourth-order valence-corrected chi connectivity index (χ4v) is 3.49. The van der Waals surface area contributed by atoms with Crippen molar-refractivity contribution in [2.75, 3.05) is 0 Å². The van der Waals surface area contributed by atoms with Gasteiger partial charge in [-0.05, 0) is 59.1 Å². The van der Waals surface area contributed by atoms with Gasteiger partial charge in [0.05, 0.1) is 5.52 Å². The summed E-state index contributed by atoms with van der Waals surface area (Å²) in [5.74, 6) is 0.817. The molecule has 3 aromatic rings. The summed E-state index contributed by atoms with van der Waals surface area (Å²) in [4.78, 5) is 13.6. The summed E-state index contributed by atoms with van der Waals surface area (Å²) in [7, 11) is 0. The normalized spacial score (nSPS) is 11.9. The predicted octanol–water partition coefficient (Wildman–Crippen LogP) is 5.80. The Balaban J connectivity index is 2.26. The lowest BCUT2D eigenvalue weighted by Gasteiger charge is -2.22. The Kier molecular flexibility index (Phi) is 5.18. The summed E-state index contributed by atoms with van der Waals surface area (Å²) >= 11 is 0. The highest BCUT2D eigenvalue weighted by Gasteiger charge is 2.25. The Labute approximate surface area is 161 Å². The Morgan fingerprint density at radius 2 is 1.48 bits per heavy atom. The molecule has 4 heteroatoms. The van der Waals surface area contributed by atoms with Crippen LogP contribution in [0, 0.1) is 6.92 Å². The largest absolute Gasteiger partial charge is 0.280 e. The molecule has 0 fully saturated rings. The molecule has 0 saturated heterocycles. The fourth-order valence-electron chi connectivity index (χ4n) is 3.49. The molecule has 1 heterocycles. The summed E-state index contributed by atoms with van der Waals surface area (Å²) in [6.07, 6.45) is 0. The maximum atomic E-state index is 13.6. The van der Waals surface area contributed by atoms with E-state index in [1.54, 1.807) is 0 Å². The van der Waals surface area contributed by atoms with Crippen LogP contribution in [-0.4, -0.2) is 20.9 Å². The number of rotatable bonds is 4. The van der Waals surface area contributed by atoms with Crippen LogP contribution < -0.4 is 0 Å². The third-order valence-electron chi connectivity index (χ3n) is 5.14. The molecule has 0 aliphatic carbocycles. The summed E-state index contributed by atoms with van der Waals surface area (Å²) in [5, 5.41) is 8.40. The Morgan fingerprint density at radius 1 is 0.889 bits per heavy atom. The molecule has 27 heavy (non-hydrogen) atoms. The maximum absolute atomic E-state index is 13.6. The smallest absolute Gasteiger partial charge is 0.267 e. The van der Waals surface area contributed by atoms with Gasteiger partial charge in [0.2, 0.25) is 0 Å². The van der Waals surface area contributed by atoms with Crippen molar-refractivity contribution >= 4 is 16.9 Å². The molecule has 142 valence electrons. The molecular formula is C23H29N3O. The Hall–Kier alpha value is -2.49. The van der Waals surface area contributed by atoms with Crippen molar-refractivity contribution < 1.29 is 4.79 Å². The van der Waals surface area contributed by atoms with E-state index in [1.807, 2.05) is 25.1 Å². The highest BCUT2D eigenvalue weighted by molar-refractivity contribution is 6.02. The van der Waals surface area contributed by atoms with E-state index in [9.17, 15) is 4.79 Å². The van der Waals surface area contributed by atoms with Gasteiger partial charge in [-0.1, -0.05) is 65.0 Å². The average molecular weight is 364 g/mol. The van der Waals surface area contributed by atoms with Crippen molar-refractivity contribution in [1.29, 1.82) is 0 Å². The molecule has 0 aliphatic heterocycles. The second-order valence-electron chi connectivity index (χ2n) is 8.34. The van der Waals surface area contributed by atoms with E-state index in [0.717, 1.165) is 33.3 Å². The predicted molar refractivity (Wildman–Crippen MR) is 111 cm³/mol. The number of hydrogen-bond donors (Lipinski definition) is 0. The summed E-state index contributed by atoms with van der Waals surface area (Å²) in [5.41, 5.74) is 6.84. The van der Waals surface area contributed by atoms with E-state index in [2.05, 4.69) is 64.0 Å². The molecule has 3 rings (SSSR count). The number of nitrogens with zero attached hydrogens (tertiary/aromatic N) is 3. The first-order valence-electron chi connectivity index (χ1n) is 9.75. The minimum Gasteiger partial charge on any atom is -0.267 e. The number of carbonyl (C=O) groups is 1. The average Bonchev–Trinajstić information content (AvgIpc) is 3.02. The van der Waals surface area contributed by atoms with Crippen LogP contribution in [0.4, 0.5) is 0 Å². The maximum Gasteiger partial charge on any atom is 0.280 e. The van der Waals surface area contributed by atoms with Gasteiger partial charge in [-0.3, -0.25) is 4.79 Å². The van der Waals surface area contributed by atoms with Gasteiger partial charge in [0, 0.05) is 5.56 Å². The van der Waals surface area contributed by atoms with Gasteiger partial charge in [-0.15, -0.1) is 5.10 Å². The number of carbonyl (C=O) groups excluding carboxylic acids is 1. The van der Waals surface area contributed by atoms with Crippen LogP contribution in [0.25, 0.3) is 11.0 Å². The molecule has 0 saturated carbocycles. The van der Waals surface area contributed by atoms with Gasteiger partial charge in [0.1, 0.15) is 5.52 Å². The number of hydrogen-bond acceptors (Lipinski definition) is 3. The van der Waals surface area contributed by atoms with E-state index < -0.39 is 0 Å². The van der Waals surface area contributed by atoms with Gasteiger partial charge in [-0.25, -0.2) is 0 Å². The van der Waals surface area contributed by atoms with Crippen molar-refractivity contribution in [3.8, 4) is 0 Å². The van der Waals surface area contributed by atoms with Crippen LogP contribution in [0.15, 0.2) is 30.3 Å². The van der Waals surface area contributed by atoms with Gasteiger partial charge in [0.15, 0.2) is 0 Å². The van der Waals surface area contributed by atoms with E-state index >= 15 is 0 Å². The molecule has 2 aromatic carbocycles. The van der Waals surface area contributed by atoms with Crippen LogP contribution >= 0.6 is 0 Å². The lowest BCUT2D eigenvalue weighted by molar-refractivity contribution is 0.0945. The molecule has 0 atom stereocenters. The molecule has 4 nitrogen and oxygen atoms in total. The van der Waals surface area contributed by atoms with Crippen LogP contribution in [0.5, 0.6) is 0 Å². The van der Waals surface area contributed by atoms with E-state index in [4.69, 9.17) is 0 Å². The van der Waals surface area contributed by atoms with Gasteiger partial charge in [0.25, 0.3) is 5.91 Å². The first-order valence-corrected chi connectivity index (χ1v) is 9.75. The summed E-state index contributed by atoms with van der Waals surface area (Å²) in [6.45, 7) is 15.0. The van der Waals surface area contributed by atoms with Gasteiger partial charge in [-0.2, -0.15) is 4.68 Å². The zero-order chi connectivity index (χ0) is 19.9. The van der Waals surface area contributed by atoms with E-state index in [1.165, 1.54) is 10.2 Å². The SMILES string of the molecule is Cc1ccc2c(c1)nnn2C(=O)c1c(C(C)C)cc(C(C)C)cc1C(C)C. The Morgan fingerprint density at radius 3 is 2.00 bits per heavy atom. The highest BCUT2D eigenvalue weighted by atomic mass is 16.2. The molecule has 0 unspecified atom stereocenters. The third-order valence-corrected chi connectivity index (χ3v) is 5.14. The minimum absolute atomic E-state index is 0.0935. The second-order valence-corrected chi connectivity index (χ2v) is 8.34. The minimum atomic E-state index is -0.0935. The first-order chi connectivity index (χ1) is 12.7. The summed E-state index contributed by atoms with van der Waals surface area (Å²) in [6, 6.07) is 10.3. The van der Waals surface area contributed by atoms with E-state index in [0.29, 0.717) is 5.92 Å². The fraction of sp³-hybridized carbons (Fsp3) is 0.435. The standard InChI is InChI=1S/C23H29N3O/c1-13(2)17-11-18(14(3)4)22(19(12-17)15(5)6)23(27)26-21-9-8-16(7)10-20(21)24-25-26/h8-15H,1-7H3. The van der Waals surface area contributed by atoms with Crippen LogP contribution in [0.2, 0.25) is 0 Å². The van der Waals surface area contributed by atoms with Crippen LogP contribution in [0.3, 0.4) is 0 Å². The Bertz CT molecular complexity index is 967. The van der Waals surface area contributed by atoms with Crippen molar-refractivity contribution in [1.82, 2.24) is 15.0 Å². The number of aromatic nitrogens is 3. The summed E-state index contributed by atoms with van der Waals surface area (Å²) < 4.78 is 1.46. The lowest BCUT2D eigenvalue weighted by Crippen LogP contribution is -2.20. The van der Waals surface area contributed by atoms with Gasteiger partial charge < -0.3 is 0 Å². The zero-order valence-corrected chi connectivity index (χ0v) is 17.4. The first kappa shape index (κ1) is 19.3. The number of benzene rings is 2. The third kappa shape index (κ3) is 3.53. The van der Waals surface area contributed by atoms with Gasteiger partial charge >= 0.3 is 0 Å². The van der Waals surface area contributed by atoms with Crippen molar-refractivity contribution in [2.45, 2.75) is 66.2 Å². The van der Waals surface area contributed by atoms with Crippen molar-refractivity contribution in [3.63, 3.8) is 0 Å². The number of aryl methyl sites for hydroxylation is 1. The quantitative estimate of drug-likeness (QED) is 0.588. The molecule has 0 spiro atoms. The molecule has 0 radical (unpaired) electrons. The molecule has 0 N–H and O–H groups in total. The van der Waals surface area contributed by atoms with Crippen molar-refractivity contribution in [2.24, 2.45) is 0 Å². The van der Waals surface area contributed by atoms with E-state index in [-0.39, 0.29) is 17.7 Å². The molecule has 0 aliphatic rings. The second kappa shape index (κ2) is 7.26. The molecule has 0 amide bonds. The van der Waals surface area contributed by atoms with Crippen molar-refractivity contribution in [3.05, 3.63) is 58.1 Å². The highest BCUT2D eigenvalue weighted by Crippen LogP contribution is 2.33. The molecule has 1 aromatic heterocycles. The monoisotopic (exact) mass is 363 g/mol. The van der Waals surface area contributed by atoms with Crippen LogP contribution in [0.1, 0.15) is 91.9 Å². The molecule has 0 bridgehead atoms. The molecular weight excluding hydrogens is 334 g/mol.